The molecule has 2 atom stereocenters. The zero-order valence-corrected chi connectivity index (χ0v) is 4.88. The molecule has 0 bridgehead atoms. The zero-order valence-electron chi connectivity index (χ0n) is 4.88. The monoisotopic (exact) mass is 106 g/mol. The summed E-state index contributed by atoms with van der Waals surface area (Å²) >= 11 is 0. The van der Waals surface area contributed by atoms with Gasteiger partial charge in [-0.05, 0) is 24.7 Å². The summed E-state index contributed by atoms with van der Waals surface area (Å²) in [5, 5.41) is 0. The molecule has 0 nitrogen and oxygen atoms in total. The lowest BCUT2D eigenvalue weighted by atomic mass is 9.75. The molecule has 0 radical (unpaired) electrons. The molecule has 0 spiro atoms. The van der Waals surface area contributed by atoms with E-state index in [1.54, 1.807) is 0 Å². The van der Waals surface area contributed by atoms with Crippen molar-refractivity contribution in [3.63, 3.8) is 0 Å². The van der Waals surface area contributed by atoms with Crippen LogP contribution in [-0.2, 0) is 0 Å². The van der Waals surface area contributed by atoms with Gasteiger partial charge < -0.3 is 0 Å². The molecule has 0 fully saturated rings. The fraction of sp³-hybridized carbons (Fsp3) is 0.500. The summed E-state index contributed by atoms with van der Waals surface area (Å²) in [5.74, 6) is 1.83. The summed E-state index contributed by atoms with van der Waals surface area (Å²) in [6, 6.07) is 0. The quantitative estimate of drug-likeness (QED) is 0.415. The summed E-state index contributed by atoms with van der Waals surface area (Å²) in [7, 11) is 0. The summed E-state index contributed by atoms with van der Waals surface area (Å²) in [5.41, 5.74) is 0. The van der Waals surface area contributed by atoms with Gasteiger partial charge in [-0.15, -0.1) is 0 Å². The summed E-state index contributed by atoms with van der Waals surface area (Å²) in [6.07, 6.45) is 11.8. The van der Waals surface area contributed by atoms with Crippen LogP contribution in [0.4, 0.5) is 0 Å². The van der Waals surface area contributed by atoms with Crippen molar-refractivity contribution in [1.29, 1.82) is 0 Å². The molecule has 0 saturated carbocycles. The van der Waals surface area contributed by atoms with Crippen molar-refractivity contribution in [2.75, 3.05) is 0 Å². The van der Waals surface area contributed by atoms with E-state index in [4.69, 9.17) is 0 Å². The van der Waals surface area contributed by atoms with Gasteiger partial charge in [-0.1, -0.05) is 24.3 Å². The molecule has 2 aliphatic rings. The van der Waals surface area contributed by atoms with E-state index in [1.165, 1.54) is 12.8 Å². The Morgan fingerprint density at radius 2 is 1.38 bits per heavy atom. The molecule has 42 valence electrons. The molecule has 0 unspecified atom stereocenters. The average Bonchev–Trinajstić information content (AvgIpc) is 1.72. The second-order valence-electron chi connectivity index (χ2n) is 2.66. The number of rotatable bonds is 0. The average molecular weight is 106 g/mol. The molecule has 2 aliphatic carbocycles. The van der Waals surface area contributed by atoms with Crippen LogP contribution in [0.3, 0.4) is 0 Å². The van der Waals surface area contributed by atoms with Crippen molar-refractivity contribution in [2.45, 2.75) is 12.8 Å². The molecule has 0 N–H and O–H groups in total. The van der Waals surface area contributed by atoms with E-state index in [-0.39, 0.29) is 0 Å². The second kappa shape index (κ2) is 1.48. The fourth-order valence-electron chi connectivity index (χ4n) is 1.44. The van der Waals surface area contributed by atoms with Crippen LogP contribution < -0.4 is 0 Å². The van der Waals surface area contributed by atoms with Crippen LogP contribution in [-0.4, -0.2) is 0 Å². The van der Waals surface area contributed by atoms with E-state index in [1.807, 2.05) is 0 Å². The molecule has 8 heavy (non-hydrogen) atoms. The smallest absolute Gasteiger partial charge is 0.0133 e. The molecule has 0 heterocycles. The summed E-state index contributed by atoms with van der Waals surface area (Å²) < 4.78 is 0. The van der Waals surface area contributed by atoms with E-state index >= 15 is 0 Å². The Kier molecular flexibility index (Phi) is 0.806. The molecule has 0 saturated heterocycles. The van der Waals surface area contributed by atoms with Gasteiger partial charge in [0.2, 0.25) is 0 Å². The maximum absolute atomic E-state index is 2.33. The first-order chi connectivity index (χ1) is 3.97. The van der Waals surface area contributed by atoms with Gasteiger partial charge in [-0.25, -0.2) is 0 Å². The van der Waals surface area contributed by atoms with Gasteiger partial charge in [-0.2, -0.15) is 0 Å². The van der Waals surface area contributed by atoms with E-state index in [9.17, 15) is 0 Å². The van der Waals surface area contributed by atoms with E-state index in [0.29, 0.717) is 0 Å². The van der Waals surface area contributed by atoms with Crippen molar-refractivity contribution >= 4 is 0 Å². The third kappa shape index (κ3) is 0.459. The first-order valence-electron chi connectivity index (χ1n) is 3.30. The Labute approximate surface area is 49.9 Å². The Bertz CT molecular complexity index is 124. The van der Waals surface area contributed by atoms with Crippen molar-refractivity contribution in [1.82, 2.24) is 0 Å². The van der Waals surface area contributed by atoms with Crippen molar-refractivity contribution in [3.8, 4) is 0 Å². The first kappa shape index (κ1) is 4.37. The SMILES string of the molecule is C1=CC[C@@H]2C=C[C@@H]2C1. The third-order valence-electron chi connectivity index (χ3n) is 2.14. The Morgan fingerprint density at radius 3 is 1.62 bits per heavy atom. The minimum absolute atomic E-state index is 0.917. The molecule has 2 rings (SSSR count). The number of fused-ring (bicyclic) bond motifs is 1. The van der Waals surface area contributed by atoms with Crippen LogP contribution in [0.15, 0.2) is 24.3 Å². The lowest BCUT2D eigenvalue weighted by Crippen LogP contribution is -2.19. The van der Waals surface area contributed by atoms with Crippen molar-refractivity contribution in [3.05, 3.63) is 24.3 Å². The van der Waals surface area contributed by atoms with Crippen LogP contribution in [0.2, 0.25) is 0 Å². The van der Waals surface area contributed by atoms with Crippen LogP contribution in [0.5, 0.6) is 0 Å². The Hall–Kier alpha value is -0.520. The molecule has 0 aromatic heterocycles. The van der Waals surface area contributed by atoms with Gasteiger partial charge >= 0.3 is 0 Å². The van der Waals surface area contributed by atoms with Crippen molar-refractivity contribution < 1.29 is 0 Å². The molecule has 0 aromatic carbocycles. The first-order valence-corrected chi connectivity index (χ1v) is 3.30. The highest BCUT2D eigenvalue weighted by molar-refractivity contribution is 5.15. The van der Waals surface area contributed by atoms with Crippen LogP contribution in [0.25, 0.3) is 0 Å². The number of hydrogen-bond acceptors (Lipinski definition) is 0. The normalized spacial score (nSPS) is 41.0. The number of allylic oxidation sites excluding steroid dienone is 4. The van der Waals surface area contributed by atoms with Crippen LogP contribution in [0.1, 0.15) is 12.8 Å². The predicted molar refractivity (Wildman–Crippen MR) is 34.5 cm³/mol. The van der Waals surface area contributed by atoms with Gasteiger partial charge in [-0.3, -0.25) is 0 Å². The molecule has 0 aromatic rings. The Balaban J connectivity index is 2.15. The third-order valence-corrected chi connectivity index (χ3v) is 2.14. The van der Waals surface area contributed by atoms with Crippen LogP contribution in [0, 0.1) is 11.8 Å². The standard InChI is InChI=1S/C8H10/c1-2-4-8-6-5-7(8)3-1/h1-2,5-8H,3-4H2/t7-,8+. The topological polar surface area (TPSA) is 0 Å². The van der Waals surface area contributed by atoms with Crippen LogP contribution >= 0.6 is 0 Å². The van der Waals surface area contributed by atoms with Gasteiger partial charge in [0.25, 0.3) is 0 Å². The van der Waals surface area contributed by atoms with Crippen molar-refractivity contribution in [2.24, 2.45) is 11.8 Å². The highest BCUT2D eigenvalue weighted by atomic mass is 14.3. The number of hydrogen-bond donors (Lipinski definition) is 0. The fourth-order valence-corrected chi connectivity index (χ4v) is 1.44. The highest BCUT2D eigenvalue weighted by Gasteiger charge is 2.23. The predicted octanol–water partition coefficient (Wildman–Crippen LogP) is 2.14. The Morgan fingerprint density at radius 1 is 0.875 bits per heavy atom. The van der Waals surface area contributed by atoms with Gasteiger partial charge in [0, 0.05) is 0 Å². The van der Waals surface area contributed by atoms with E-state index < -0.39 is 0 Å². The van der Waals surface area contributed by atoms with E-state index in [0.717, 1.165) is 11.8 Å². The van der Waals surface area contributed by atoms with Gasteiger partial charge in [0.1, 0.15) is 0 Å². The highest BCUT2D eigenvalue weighted by Crippen LogP contribution is 2.34. The zero-order chi connectivity index (χ0) is 5.40. The molecular formula is C8H10. The van der Waals surface area contributed by atoms with Gasteiger partial charge in [0.15, 0.2) is 0 Å². The molecule has 0 aliphatic heterocycles. The maximum Gasteiger partial charge on any atom is -0.0133 e. The lowest BCUT2D eigenvalue weighted by Gasteiger charge is -2.30. The molecule has 0 amide bonds. The minimum Gasteiger partial charge on any atom is -0.0879 e. The minimum atomic E-state index is 0.917. The molecular weight excluding hydrogens is 96.1 g/mol. The van der Waals surface area contributed by atoms with E-state index in [2.05, 4.69) is 24.3 Å². The molecule has 0 heteroatoms. The largest absolute Gasteiger partial charge is 0.0879 e. The lowest BCUT2D eigenvalue weighted by molar-refractivity contribution is 0.417. The maximum atomic E-state index is 2.33. The summed E-state index contributed by atoms with van der Waals surface area (Å²) in [6.45, 7) is 0. The summed E-state index contributed by atoms with van der Waals surface area (Å²) in [4.78, 5) is 0. The second-order valence-corrected chi connectivity index (χ2v) is 2.66. The van der Waals surface area contributed by atoms with Gasteiger partial charge in [0.05, 0.1) is 0 Å².